The van der Waals surface area contributed by atoms with E-state index in [9.17, 15) is 0 Å². The molecule has 0 bridgehead atoms. The van der Waals surface area contributed by atoms with Crippen LogP contribution in [0.15, 0.2) is 0 Å². The van der Waals surface area contributed by atoms with Gasteiger partial charge in [-0.2, -0.15) is 11.8 Å². The van der Waals surface area contributed by atoms with Crippen molar-refractivity contribution in [3.8, 4) is 0 Å². The van der Waals surface area contributed by atoms with Crippen LogP contribution in [0.3, 0.4) is 0 Å². The van der Waals surface area contributed by atoms with Gasteiger partial charge in [0.1, 0.15) is 0 Å². The molecular formula is C7H15NS. The lowest BCUT2D eigenvalue weighted by molar-refractivity contribution is 0.550. The Bertz CT molecular complexity index is 77.0. The van der Waals surface area contributed by atoms with Gasteiger partial charge < -0.3 is 5.32 Å². The van der Waals surface area contributed by atoms with Gasteiger partial charge in [-0.3, -0.25) is 0 Å². The minimum absolute atomic E-state index is 0.836. The van der Waals surface area contributed by atoms with Crippen LogP contribution in [-0.2, 0) is 0 Å². The molecule has 0 aromatic rings. The number of nitrogens with one attached hydrogen (secondary N) is 1. The Hall–Kier alpha value is 0.310. The third kappa shape index (κ3) is 2.18. The highest BCUT2D eigenvalue weighted by Crippen LogP contribution is 2.20. The highest BCUT2D eigenvalue weighted by molar-refractivity contribution is 8.00. The molecule has 0 amide bonds. The van der Waals surface area contributed by atoms with Crippen molar-refractivity contribution in [2.45, 2.75) is 19.1 Å². The average molecular weight is 145 g/mol. The fraction of sp³-hybridized carbons (Fsp3) is 1.00. The van der Waals surface area contributed by atoms with E-state index in [1.165, 1.54) is 18.8 Å². The SMILES string of the molecule is CC(C)C1CNCCS1. The molecule has 0 saturated carbocycles. The Morgan fingerprint density at radius 3 is 2.67 bits per heavy atom. The standard InChI is InChI=1S/C7H15NS/c1-6(2)7-5-8-3-4-9-7/h6-8H,3-5H2,1-2H3. The van der Waals surface area contributed by atoms with Crippen molar-refractivity contribution in [1.82, 2.24) is 5.32 Å². The zero-order valence-corrected chi connectivity index (χ0v) is 7.00. The molecular weight excluding hydrogens is 130 g/mol. The summed E-state index contributed by atoms with van der Waals surface area (Å²) in [5.41, 5.74) is 0. The summed E-state index contributed by atoms with van der Waals surface area (Å²) in [4.78, 5) is 0. The predicted octanol–water partition coefficient (Wildman–Crippen LogP) is 1.35. The zero-order valence-electron chi connectivity index (χ0n) is 6.18. The van der Waals surface area contributed by atoms with E-state index in [0.717, 1.165) is 11.2 Å². The molecule has 0 aliphatic carbocycles. The minimum atomic E-state index is 0.836. The van der Waals surface area contributed by atoms with E-state index in [1.807, 2.05) is 0 Å². The van der Waals surface area contributed by atoms with E-state index >= 15 is 0 Å². The summed E-state index contributed by atoms with van der Waals surface area (Å²) in [6.45, 7) is 7.01. The first-order valence-electron chi connectivity index (χ1n) is 3.63. The highest BCUT2D eigenvalue weighted by atomic mass is 32.2. The molecule has 1 saturated heterocycles. The Morgan fingerprint density at radius 2 is 2.33 bits per heavy atom. The van der Waals surface area contributed by atoms with Gasteiger partial charge >= 0.3 is 0 Å². The summed E-state index contributed by atoms with van der Waals surface area (Å²) in [6.07, 6.45) is 0. The van der Waals surface area contributed by atoms with E-state index in [1.54, 1.807) is 0 Å². The second-order valence-electron chi connectivity index (χ2n) is 2.86. The Kier molecular flexibility index (Phi) is 2.86. The fourth-order valence-corrected chi connectivity index (χ4v) is 2.20. The van der Waals surface area contributed by atoms with E-state index in [-0.39, 0.29) is 0 Å². The third-order valence-electron chi connectivity index (χ3n) is 1.70. The Morgan fingerprint density at radius 1 is 1.56 bits per heavy atom. The lowest BCUT2D eigenvalue weighted by Crippen LogP contribution is -2.35. The molecule has 1 atom stereocenters. The van der Waals surface area contributed by atoms with Gasteiger partial charge in [0.15, 0.2) is 0 Å². The molecule has 1 aliphatic heterocycles. The quantitative estimate of drug-likeness (QED) is 0.597. The molecule has 1 rings (SSSR count). The van der Waals surface area contributed by atoms with Crippen LogP contribution in [0.2, 0.25) is 0 Å². The number of rotatable bonds is 1. The van der Waals surface area contributed by atoms with Gasteiger partial charge in [0.05, 0.1) is 0 Å². The summed E-state index contributed by atoms with van der Waals surface area (Å²) in [6, 6.07) is 0. The highest BCUT2D eigenvalue weighted by Gasteiger charge is 2.15. The third-order valence-corrected chi connectivity index (χ3v) is 3.28. The van der Waals surface area contributed by atoms with Crippen molar-refractivity contribution in [2.24, 2.45) is 5.92 Å². The van der Waals surface area contributed by atoms with Crippen molar-refractivity contribution >= 4 is 11.8 Å². The molecule has 9 heavy (non-hydrogen) atoms. The average Bonchev–Trinajstić information content (AvgIpc) is 1.90. The van der Waals surface area contributed by atoms with Crippen LogP contribution < -0.4 is 5.32 Å². The summed E-state index contributed by atoms with van der Waals surface area (Å²) >= 11 is 2.11. The predicted molar refractivity (Wildman–Crippen MR) is 44.0 cm³/mol. The number of hydrogen-bond donors (Lipinski definition) is 1. The molecule has 1 heterocycles. The van der Waals surface area contributed by atoms with Crippen LogP contribution in [0, 0.1) is 5.92 Å². The topological polar surface area (TPSA) is 12.0 Å². The minimum Gasteiger partial charge on any atom is -0.315 e. The van der Waals surface area contributed by atoms with Crippen LogP contribution in [0.1, 0.15) is 13.8 Å². The van der Waals surface area contributed by atoms with Gasteiger partial charge in [-0.1, -0.05) is 13.8 Å². The molecule has 1 fully saturated rings. The molecule has 54 valence electrons. The molecule has 0 aromatic carbocycles. The number of hydrogen-bond acceptors (Lipinski definition) is 2. The van der Waals surface area contributed by atoms with Crippen LogP contribution >= 0.6 is 11.8 Å². The van der Waals surface area contributed by atoms with Crippen LogP contribution in [-0.4, -0.2) is 24.1 Å². The van der Waals surface area contributed by atoms with Crippen molar-refractivity contribution in [1.29, 1.82) is 0 Å². The maximum Gasteiger partial charge on any atom is 0.0195 e. The van der Waals surface area contributed by atoms with Crippen molar-refractivity contribution < 1.29 is 0 Å². The normalized spacial score (nSPS) is 29.0. The van der Waals surface area contributed by atoms with Gasteiger partial charge in [-0.15, -0.1) is 0 Å². The monoisotopic (exact) mass is 145 g/mol. The summed E-state index contributed by atoms with van der Waals surface area (Å²) < 4.78 is 0. The van der Waals surface area contributed by atoms with Gasteiger partial charge in [0.2, 0.25) is 0 Å². The summed E-state index contributed by atoms with van der Waals surface area (Å²) in [5.74, 6) is 2.13. The molecule has 0 radical (unpaired) electrons. The lowest BCUT2D eigenvalue weighted by atomic mass is 10.1. The summed E-state index contributed by atoms with van der Waals surface area (Å²) in [5, 5.41) is 4.26. The maximum absolute atomic E-state index is 3.40. The van der Waals surface area contributed by atoms with E-state index < -0.39 is 0 Å². The lowest BCUT2D eigenvalue weighted by Gasteiger charge is -2.25. The zero-order chi connectivity index (χ0) is 6.69. The Balaban J connectivity index is 2.23. The van der Waals surface area contributed by atoms with E-state index in [4.69, 9.17) is 0 Å². The first kappa shape index (κ1) is 7.42. The van der Waals surface area contributed by atoms with Crippen LogP contribution in [0.25, 0.3) is 0 Å². The van der Waals surface area contributed by atoms with Crippen molar-refractivity contribution in [2.75, 3.05) is 18.8 Å². The molecule has 1 N–H and O–H groups in total. The molecule has 1 nitrogen and oxygen atoms in total. The second-order valence-corrected chi connectivity index (χ2v) is 4.20. The number of thioether (sulfide) groups is 1. The van der Waals surface area contributed by atoms with E-state index in [0.29, 0.717) is 0 Å². The maximum atomic E-state index is 3.40. The largest absolute Gasteiger partial charge is 0.315 e. The molecule has 0 aromatic heterocycles. The van der Waals surface area contributed by atoms with Crippen LogP contribution in [0.5, 0.6) is 0 Å². The van der Waals surface area contributed by atoms with Crippen molar-refractivity contribution in [3.05, 3.63) is 0 Å². The van der Waals surface area contributed by atoms with Gasteiger partial charge in [-0.05, 0) is 5.92 Å². The first-order chi connectivity index (χ1) is 4.30. The smallest absolute Gasteiger partial charge is 0.0195 e. The molecule has 1 aliphatic rings. The van der Waals surface area contributed by atoms with Gasteiger partial charge in [0, 0.05) is 24.1 Å². The van der Waals surface area contributed by atoms with Gasteiger partial charge in [-0.25, -0.2) is 0 Å². The Labute approximate surface area is 61.6 Å². The second kappa shape index (κ2) is 3.47. The van der Waals surface area contributed by atoms with Crippen LogP contribution in [0.4, 0.5) is 0 Å². The van der Waals surface area contributed by atoms with E-state index in [2.05, 4.69) is 30.9 Å². The molecule has 1 unspecified atom stereocenters. The summed E-state index contributed by atoms with van der Waals surface area (Å²) in [7, 11) is 0. The van der Waals surface area contributed by atoms with Gasteiger partial charge in [0.25, 0.3) is 0 Å². The van der Waals surface area contributed by atoms with Crippen molar-refractivity contribution in [3.63, 3.8) is 0 Å². The molecule has 0 spiro atoms. The first-order valence-corrected chi connectivity index (χ1v) is 4.68. The molecule has 2 heteroatoms. The fourth-order valence-electron chi connectivity index (χ4n) is 1.01.